The summed E-state index contributed by atoms with van der Waals surface area (Å²) in [6, 6.07) is 26.7. The molecule has 11 heteroatoms. The van der Waals surface area contributed by atoms with Crippen molar-refractivity contribution < 1.29 is 31.9 Å². The minimum absolute atomic E-state index is 0.00125. The standard InChI is InChI=1S/C38H40FN3O6S/c39-30-18-16-29(17-19-30)26-41(34(24-28-10-4-1-5-11-28)38(44)40-31-12-6-2-7-13-31)37(43)27-42(49(45,46)33-14-8-3-9-15-33)32-20-21-35-36(25-32)48-23-22-47-35/h1,3-5,8-11,14-21,25,31,34H,2,6-7,12-13,22-24,26-27H2,(H,40,44)/t34-/m1/s1. The number of benzene rings is 4. The molecule has 0 saturated heterocycles. The molecule has 1 heterocycles. The van der Waals surface area contributed by atoms with Crippen molar-refractivity contribution in [2.45, 2.75) is 62.0 Å². The zero-order valence-corrected chi connectivity index (χ0v) is 28.0. The Labute approximate surface area is 286 Å². The fourth-order valence-corrected chi connectivity index (χ4v) is 7.75. The van der Waals surface area contributed by atoms with Crippen molar-refractivity contribution >= 4 is 27.5 Å². The second-order valence-corrected chi connectivity index (χ2v) is 14.2. The lowest BCUT2D eigenvalue weighted by molar-refractivity contribution is -0.140. The molecular weight excluding hydrogens is 645 g/mol. The fraction of sp³-hybridized carbons (Fsp3) is 0.316. The number of anilines is 1. The van der Waals surface area contributed by atoms with Crippen LogP contribution in [0.3, 0.4) is 0 Å². The number of carbonyl (C=O) groups is 2. The van der Waals surface area contributed by atoms with Gasteiger partial charge in [0.25, 0.3) is 10.0 Å². The highest BCUT2D eigenvalue weighted by atomic mass is 32.2. The number of hydrogen-bond acceptors (Lipinski definition) is 6. The lowest BCUT2D eigenvalue weighted by atomic mass is 9.94. The molecule has 1 aliphatic carbocycles. The average molecular weight is 686 g/mol. The number of nitrogens with zero attached hydrogens (tertiary/aromatic N) is 2. The van der Waals surface area contributed by atoms with Crippen LogP contribution in [0.4, 0.5) is 10.1 Å². The zero-order chi connectivity index (χ0) is 34.2. The number of amides is 2. The first-order valence-corrected chi connectivity index (χ1v) is 18.1. The van der Waals surface area contributed by atoms with E-state index >= 15 is 0 Å². The monoisotopic (exact) mass is 685 g/mol. The van der Waals surface area contributed by atoms with Crippen LogP contribution in [0.25, 0.3) is 0 Å². The highest BCUT2D eigenvalue weighted by molar-refractivity contribution is 7.92. The minimum Gasteiger partial charge on any atom is -0.486 e. The van der Waals surface area contributed by atoms with Gasteiger partial charge in [-0.1, -0.05) is 79.9 Å². The summed E-state index contributed by atoms with van der Waals surface area (Å²) in [7, 11) is -4.28. The van der Waals surface area contributed by atoms with Gasteiger partial charge in [-0.15, -0.1) is 0 Å². The molecule has 0 aromatic heterocycles. The van der Waals surface area contributed by atoms with E-state index in [0.29, 0.717) is 30.3 Å². The molecule has 0 unspecified atom stereocenters. The summed E-state index contributed by atoms with van der Waals surface area (Å²) in [5.41, 5.74) is 1.63. The third kappa shape index (κ3) is 8.40. The topological polar surface area (TPSA) is 105 Å². The van der Waals surface area contributed by atoms with Crippen molar-refractivity contribution in [2.75, 3.05) is 24.1 Å². The van der Waals surface area contributed by atoms with Crippen molar-refractivity contribution in [1.82, 2.24) is 10.2 Å². The third-order valence-corrected chi connectivity index (χ3v) is 10.7. The summed E-state index contributed by atoms with van der Waals surface area (Å²) in [5.74, 6) is -0.516. The van der Waals surface area contributed by atoms with Crippen LogP contribution in [0, 0.1) is 5.82 Å². The van der Waals surface area contributed by atoms with E-state index in [1.807, 2.05) is 30.3 Å². The third-order valence-electron chi connectivity index (χ3n) is 8.91. The van der Waals surface area contributed by atoms with E-state index in [-0.39, 0.29) is 35.5 Å². The number of rotatable bonds is 12. The molecule has 1 aliphatic heterocycles. The molecule has 4 aromatic carbocycles. The first-order valence-electron chi connectivity index (χ1n) is 16.6. The second kappa shape index (κ2) is 15.5. The number of sulfonamides is 1. The number of hydrogen-bond donors (Lipinski definition) is 1. The Kier molecular flexibility index (Phi) is 10.8. The Hall–Kier alpha value is -4.90. The molecule has 1 saturated carbocycles. The van der Waals surface area contributed by atoms with Crippen LogP contribution in [0.15, 0.2) is 108 Å². The average Bonchev–Trinajstić information content (AvgIpc) is 3.13. The van der Waals surface area contributed by atoms with E-state index in [1.54, 1.807) is 48.5 Å². The van der Waals surface area contributed by atoms with Crippen molar-refractivity contribution in [2.24, 2.45) is 0 Å². The zero-order valence-electron chi connectivity index (χ0n) is 27.2. The molecule has 0 bridgehead atoms. The molecule has 0 radical (unpaired) electrons. The van der Waals surface area contributed by atoms with Gasteiger partial charge in [-0.25, -0.2) is 12.8 Å². The van der Waals surface area contributed by atoms with Crippen LogP contribution in [0.1, 0.15) is 43.2 Å². The molecule has 1 atom stereocenters. The molecule has 2 amide bonds. The Morgan fingerprint density at radius 1 is 0.796 bits per heavy atom. The molecule has 4 aromatic rings. The number of carbonyl (C=O) groups excluding carboxylic acids is 2. The maximum Gasteiger partial charge on any atom is 0.264 e. The van der Waals surface area contributed by atoms with Gasteiger partial charge in [-0.2, -0.15) is 0 Å². The molecule has 9 nitrogen and oxygen atoms in total. The van der Waals surface area contributed by atoms with Crippen LogP contribution in [0.2, 0.25) is 0 Å². The molecule has 49 heavy (non-hydrogen) atoms. The number of ether oxygens (including phenoxy) is 2. The predicted octanol–water partition coefficient (Wildman–Crippen LogP) is 5.88. The summed E-state index contributed by atoms with van der Waals surface area (Å²) in [6.07, 6.45) is 5.02. The van der Waals surface area contributed by atoms with Crippen LogP contribution in [-0.4, -0.2) is 57.0 Å². The van der Waals surface area contributed by atoms with Gasteiger partial charge < -0.3 is 19.7 Å². The molecule has 0 spiro atoms. The molecular formula is C38H40FN3O6S. The summed E-state index contributed by atoms with van der Waals surface area (Å²) in [6.45, 7) is -0.000400. The Morgan fingerprint density at radius 3 is 2.14 bits per heavy atom. The number of nitrogens with one attached hydrogen (secondary N) is 1. The van der Waals surface area contributed by atoms with E-state index in [4.69, 9.17) is 9.47 Å². The molecule has 1 fully saturated rings. The van der Waals surface area contributed by atoms with E-state index in [9.17, 15) is 22.4 Å². The van der Waals surface area contributed by atoms with Gasteiger partial charge in [0.05, 0.1) is 10.6 Å². The maximum absolute atomic E-state index is 14.7. The predicted molar refractivity (Wildman–Crippen MR) is 184 cm³/mol. The largest absolute Gasteiger partial charge is 0.486 e. The summed E-state index contributed by atoms with van der Waals surface area (Å²) >= 11 is 0. The Bertz CT molecular complexity index is 1830. The minimum atomic E-state index is -4.28. The van der Waals surface area contributed by atoms with Gasteiger partial charge in [0, 0.05) is 25.1 Å². The van der Waals surface area contributed by atoms with Crippen LogP contribution >= 0.6 is 0 Å². The van der Waals surface area contributed by atoms with Crippen molar-refractivity contribution in [1.29, 1.82) is 0 Å². The lowest BCUT2D eigenvalue weighted by Gasteiger charge is -2.35. The van der Waals surface area contributed by atoms with Crippen molar-refractivity contribution in [3.05, 3.63) is 120 Å². The molecule has 2 aliphatic rings. The van der Waals surface area contributed by atoms with Crippen LogP contribution in [0.5, 0.6) is 11.5 Å². The Morgan fingerprint density at radius 2 is 1.45 bits per heavy atom. The SMILES string of the molecule is O=C(NC1CCCCC1)[C@@H](Cc1ccccc1)N(Cc1ccc(F)cc1)C(=O)CN(c1ccc2c(c1)OCCO2)S(=O)(=O)c1ccccc1. The summed E-state index contributed by atoms with van der Waals surface area (Å²) in [5, 5.41) is 3.19. The van der Waals surface area contributed by atoms with Gasteiger partial charge in [-0.3, -0.25) is 13.9 Å². The lowest BCUT2D eigenvalue weighted by Crippen LogP contribution is -2.55. The Balaban J connectivity index is 1.40. The first kappa shape index (κ1) is 34.0. The smallest absolute Gasteiger partial charge is 0.264 e. The molecule has 1 N–H and O–H groups in total. The first-order chi connectivity index (χ1) is 23.8. The summed E-state index contributed by atoms with van der Waals surface area (Å²) < 4.78 is 55.0. The highest BCUT2D eigenvalue weighted by Crippen LogP contribution is 2.36. The second-order valence-electron chi connectivity index (χ2n) is 12.3. The van der Waals surface area contributed by atoms with Gasteiger partial charge in [0.15, 0.2) is 11.5 Å². The van der Waals surface area contributed by atoms with Crippen LogP contribution in [-0.2, 0) is 32.6 Å². The number of fused-ring (bicyclic) bond motifs is 1. The fourth-order valence-electron chi connectivity index (χ4n) is 6.32. The normalized spacial score (nSPS) is 15.2. The van der Waals surface area contributed by atoms with Crippen molar-refractivity contribution in [3.8, 4) is 11.5 Å². The van der Waals surface area contributed by atoms with Gasteiger partial charge in [0.1, 0.15) is 31.6 Å². The highest BCUT2D eigenvalue weighted by Gasteiger charge is 2.36. The maximum atomic E-state index is 14.7. The van der Waals surface area contributed by atoms with Gasteiger partial charge in [-0.05, 0) is 60.4 Å². The quantitative estimate of drug-likeness (QED) is 0.200. The molecule has 256 valence electrons. The van der Waals surface area contributed by atoms with E-state index < -0.39 is 34.3 Å². The van der Waals surface area contributed by atoms with E-state index in [2.05, 4.69) is 5.32 Å². The summed E-state index contributed by atoms with van der Waals surface area (Å²) in [4.78, 5) is 30.3. The van der Waals surface area contributed by atoms with E-state index in [1.165, 1.54) is 29.2 Å². The van der Waals surface area contributed by atoms with Gasteiger partial charge >= 0.3 is 0 Å². The van der Waals surface area contributed by atoms with Crippen LogP contribution < -0.4 is 19.1 Å². The molecule has 6 rings (SSSR count). The van der Waals surface area contributed by atoms with E-state index in [0.717, 1.165) is 42.0 Å². The van der Waals surface area contributed by atoms with Gasteiger partial charge in [0.2, 0.25) is 11.8 Å². The number of halogens is 1. The van der Waals surface area contributed by atoms with Crippen molar-refractivity contribution in [3.63, 3.8) is 0 Å².